The maximum Gasteiger partial charge on any atom is 0.273 e. The van der Waals surface area contributed by atoms with Crippen molar-refractivity contribution >= 4 is 12.0 Å². The van der Waals surface area contributed by atoms with Gasteiger partial charge in [-0.15, -0.1) is 0 Å². The summed E-state index contributed by atoms with van der Waals surface area (Å²) in [6.07, 6.45) is 1.02. The Morgan fingerprint density at radius 1 is 1.53 bits per heavy atom. The van der Waals surface area contributed by atoms with Crippen LogP contribution in [0.3, 0.4) is 0 Å². The number of aldehydes is 1. The van der Waals surface area contributed by atoms with Crippen LogP contribution in [0.2, 0.25) is 0 Å². The predicted molar refractivity (Wildman–Crippen MR) is 54.0 cm³/mol. The first kappa shape index (κ1) is 11.2. The zero-order valence-corrected chi connectivity index (χ0v) is 8.30. The normalized spacial score (nSPS) is 9.67. The predicted octanol–water partition coefficient (Wildman–Crippen LogP) is 1.87. The third-order valence-electron chi connectivity index (χ3n) is 1.88. The fourth-order valence-corrected chi connectivity index (χ4v) is 1.07. The van der Waals surface area contributed by atoms with Crippen LogP contribution in [0, 0.1) is 17.0 Å². The van der Waals surface area contributed by atoms with Gasteiger partial charge in [-0.1, -0.05) is 0 Å². The highest BCUT2D eigenvalue weighted by atomic mass is 16.6. The summed E-state index contributed by atoms with van der Waals surface area (Å²) < 4.78 is 5.23. The van der Waals surface area contributed by atoms with E-state index in [1.165, 1.54) is 12.1 Å². The Morgan fingerprint density at radius 3 is 2.87 bits per heavy atom. The van der Waals surface area contributed by atoms with Crippen LogP contribution in [0.15, 0.2) is 18.2 Å². The molecule has 5 nitrogen and oxygen atoms in total. The molecule has 0 unspecified atom stereocenters. The summed E-state index contributed by atoms with van der Waals surface area (Å²) in [4.78, 5) is 20.1. The highest BCUT2D eigenvalue weighted by Crippen LogP contribution is 2.23. The van der Waals surface area contributed by atoms with E-state index in [2.05, 4.69) is 0 Å². The first-order chi connectivity index (χ1) is 7.15. The second kappa shape index (κ2) is 5.09. The van der Waals surface area contributed by atoms with Gasteiger partial charge in [-0.2, -0.15) is 0 Å². The molecule has 1 aromatic rings. The molecule has 0 fully saturated rings. The molecule has 0 saturated carbocycles. The van der Waals surface area contributed by atoms with E-state index in [1.54, 1.807) is 13.0 Å². The molecule has 0 heterocycles. The molecule has 0 amide bonds. The second-order valence-electron chi connectivity index (χ2n) is 3.01. The maximum absolute atomic E-state index is 10.5. The molecular weight excluding hydrogens is 198 g/mol. The average Bonchev–Trinajstić information content (AvgIpc) is 2.20. The topological polar surface area (TPSA) is 69.4 Å². The van der Waals surface area contributed by atoms with Crippen molar-refractivity contribution in [2.75, 3.05) is 6.61 Å². The second-order valence-corrected chi connectivity index (χ2v) is 3.01. The van der Waals surface area contributed by atoms with Crippen molar-refractivity contribution in [3.8, 4) is 5.75 Å². The van der Waals surface area contributed by atoms with E-state index in [4.69, 9.17) is 4.74 Å². The smallest absolute Gasteiger partial charge is 0.273 e. The molecule has 0 aliphatic heterocycles. The summed E-state index contributed by atoms with van der Waals surface area (Å²) in [6, 6.07) is 4.40. The minimum Gasteiger partial charge on any atom is -0.493 e. The molecule has 15 heavy (non-hydrogen) atoms. The summed E-state index contributed by atoms with van der Waals surface area (Å²) >= 11 is 0. The lowest BCUT2D eigenvalue weighted by atomic mass is 10.2. The summed E-state index contributed by atoms with van der Waals surface area (Å²) in [5, 5.41) is 10.5. The van der Waals surface area contributed by atoms with Gasteiger partial charge in [0.1, 0.15) is 12.0 Å². The van der Waals surface area contributed by atoms with Gasteiger partial charge >= 0.3 is 0 Å². The van der Waals surface area contributed by atoms with Crippen LogP contribution in [-0.4, -0.2) is 17.8 Å². The number of carbonyl (C=O) groups excluding carboxylic acids is 1. The number of nitrogens with zero attached hydrogens (tertiary/aromatic N) is 1. The molecule has 0 N–H and O–H groups in total. The van der Waals surface area contributed by atoms with Gasteiger partial charge in [-0.05, 0) is 18.6 Å². The van der Waals surface area contributed by atoms with E-state index >= 15 is 0 Å². The number of rotatable bonds is 5. The highest BCUT2D eigenvalue weighted by Gasteiger charge is 2.08. The van der Waals surface area contributed by atoms with E-state index in [9.17, 15) is 14.9 Å². The van der Waals surface area contributed by atoms with Crippen LogP contribution in [0.5, 0.6) is 5.75 Å². The van der Waals surface area contributed by atoms with Crippen molar-refractivity contribution in [2.24, 2.45) is 0 Å². The van der Waals surface area contributed by atoms with Gasteiger partial charge in [0.25, 0.3) is 5.69 Å². The molecule has 80 valence electrons. The Labute approximate surface area is 86.8 Å². The third-order valence-corrected chi connectivity index (χ3v) is 1.88. The molecule has 0 radical (unpaired) electrons. The molecule has 5 heteroatoms. The molecular formula is C10H11NO4. The minimum atomic E-state index is -0.480. The quantitative estimate of drug-likeness (QED) is 0.321. The van der Waals surface area contributed by atoms with Gasteiger partial charge in [-0.25, -0.2) is 0 Å². The van der Waals surface area contributed by atoms with Gasteiger partial charge < -0.3 is 9.53 Å². The number of nitro benzene ring substituents is 1. The SMILES string of the molecule is Cc1ccc([N+](=O)[O-])cc1OCCC=O. The first-order valence-electron chi connectivity index (χ1n) is 4.46. The molecule has 0 aromatic heterocycles. The van der Waals surface area contributed by atoms with Crippen molar-refractivity contribution in [2.45, 2.75) is 13.3 Å². The highest BCUT2D eigenvalue weighted by molar-refractivity contribution is 5.49. The van der Waals surface area contributed by atoms with Crippen LogP contribution in [0.4, 0.5) is 5.69 Å². The number of non-ortho nitro benzene ring substituents is 1. The Kier molecular flexibility index (Phi) is 3.79. The molecule has 1 aromatic carbocycles. The molecule has 0 bridgehead atoms. The van der Waals surface area contributed by atoms with Crippen LogP contribution in [-0.2, 0) is 4.79 Å². The Hall–Kier alpha value is -1.91. The van der Waals surface area contributed by atoms with Crippen molar-refractivity contribution in [3.05, 3.63) is 33.9 Å². The van der Waals surface area contributed by atoms with E-state index in [0.29, 0.717) is 5.75 Å². The van der Waals surface area contributed by atoms with Gasteiger partial charge in [0.05, 0.1) is 17.6 Å². The lowest BCUT2D eigenvalue weighted by Gasteiger charge is -2.06. The lowest BCUT2D eigenvalue weighted by Crippen LogP contribution is -2.00. The number of carbonyl (C=O) groups is 1. The Balaban J connectivity index is 2.80. The number of aryl methyl sites for hydroxylation is 1. The van der Waals surface area contributed by atoms with Gasteiger partial charge in [0, 0.05) is 12.5 Å². The fourth-order valence-electron chi connectivity index (χ4n) is 1.07. The van der Waals surface area contributed by atoms with E-state index < -0.39 is 4.92 Å². The summed E-state index contributed by atoms with van der Waals surface area (Å²) in [5.41, 5.74) is 0.799. The van der Waals surface area contributed by atoms with Crippen molar-refractivity contribution < 1.29 is 14.5 Å². The van der Waals surface area contributed by atoms with Crippen molar-refractivity contribution in [1.29, 1.82) is 0 Å². The number of ether oxygens (including phenoxy) is 1. The Morgan fingerprint density at radius 2 is 2.27 bits per heavy atom. The van der Waals surface area contributed by atoms with Gasteiger partial charge in [0.15, 0.2) is 0 Å². The maximum atomic E-state index is 10.5. The largest absolute Gasteiger partial charge is 0.493 e. The fraction of sp³-hybridized carbons (Fsp3) is 0.300. The van der Waals surface area contributed by atoms with Crippen LogP contribution >= 0.6 is 0 Å². The lowest BCUT2D eigenvalue weighted by molar-refractivity contribution is -0.384. The van der Waals surface area contributed by atoms with Gasteiger partial charge in [-0.3, -0.25) is 10.1 Å². The van der Waals surface area contributed by atoms with Crippen LogP contribution in [0.1, 0.15) is 12.0 Å². The number of hydrogen-bond donors (Lipinski definition) is 0. The summed E-state index contributed by atoms with van der Waals surface area (Å²) in [5.74, 6) is 0.450. The molecule has 0 aliphatic carbocycles. The standard InChI is InChI=1S/C10H11NO4/c1-8-3-4-9(11(13)14)7-10(8)15-6-2-5-12/h3-5,7H,2,6H2,1H3. The van der Waals surface area contributed by atoms with E-state index in [0.717, 1.165) is 11.8 Å². The van der Waals surface area contributed by atoms with E-state index in [1.807, 2.05) is 0 Å². The number of nitro groups is 1. The zero-order chi connectivity index (χ0) is 11.3. The molecule has 1 rings (SSSR count). The third kappa shape index (κ3) is 3.05. The monoisotopic (exact) mass is 209 g/mol. The number of hydrogen-bond acceptors (Lipinski definition) is 4. The van der Waals surface area contributed by atoms with Crippen molar-refractivity contribution in [1.82, 2.24) is 0 Å². The number of benzene rings is 1. The molecule has 0 spiro atoms. The van der Waals surface area contributed by atoms with Gasteiger partial charge in [0.2, 0.25) is 0 Å². The summed E-state index contributed by atoms with van der Waals surface area (Å²) in [7, 11) is 0. The van der Waals surface area contributed by atoms with E-state index in [-0.39, 0.29) is 18.7 Å². The zero-order valence-electron chi connectivity index (χ0n) is 8.30. The summed E-state index contributed by atoms with van der Waals surface area (Å²) in [6.45, 7) is 2.03. The van der Waals surface area contributed by atoms with Crippen LogP contribution in [0.25, 0.3) is 0 Å². The average molecular weight is 209 g/mol. The minimum absolute atomic E-state index is 0.0123. The first-order valence-corrected chi connectivity index (χ1v) is 4.46. The molecule has 0 saturated heterocycles. The molecule has 0 atom stereocenters. The molecule has 0 aliphatic rings. The Bertz CT molecular complexity index is 376. The van der Waals surface area contributed by atoms with Crippen molar-refractivity contribution in [3.63, 3.8) is 0 Å². The van der Waals surface area contributed by atoms with Crippen LogP contribution < -0.4 is 4.74 Å².